The molecule has 1 aliphatic heterocycles. The molecule has 1 aromatic rings. The average Bonchev–Trinajstić information content (AvgIpc) is 3.08. The Kier molecular flexibility index (Phi) is 8.34. The van der Waals surface area contributed by atoms with Gasteiger partial charge in [0.2, 0.25) is 0 Å². The van der Waals surface area contributed by atoms with Crippen molar-refractivity contribution in [1.29, 1.82) is 0 Å². The fourth-order valence-electron chi connectivity index (χ4n) is 6.47. The second-order valence-electron chi connectivity index (χ2n) is 11.0. The van der Waals surface area contributed by atoms with Crippen LogP contribution in [0.3, 0.4) is 0 Å². The number of carbonyl (C=O) groups excluding carboxylic acids is 2. The molecule has 3 N–H and O–H groups in total. The largest absolute Gasteiger partial charge is 0.445 e. The number of rotatable bonds is 8. The van der Waals surface area contributed by atoms with Crippen LogP contribution in [0.15, 0.2) is 35.3 Å². The maximum atomic E-state index is 13.5. The van der Waals surface area contributed by atoms with Crippen molar-refractivity contribution in [3.8, 4) is 0 Å². The summed E-state index contributed by atoms with van der Waals surface area (Å²) in [5.41, 5.74) is 6.37. The van der Waals surface area contributed by atoms with Crippen molar-refractivity contribution in [2.24, 2.45) is 28.5 Å². The first kappa shape index (κ1) is 25.5. The smallest absolute Gasteiger partial charge is 0.407 e. The van der Waals surface area contributed by atoms with Crippen LogP contribution in [0.5, 0.6) is 0 Å². The highest BCUT2D eigenvalue weighted by Crippen LogP contribution is 2.43. The van der Waals surface area contributed by atoms with Gasteiger partial charge in [-0.1, -0.05) is 82.2 Å². The Balaban J connectivity index is 1.37. The highest BCUT2D eigenvalue weighted by Gasteiger charge is 2.52. The van der Waals surface area contributed by atoms with Crippen LogP contribution in [0.4, 0.5) is 4.79 Å². The van der Waals surface area contributed by atoms with Gasteiger partial charge in [0.05, 0.1) is 0 Å². The SMILES string of the molecule is C[C@H](CC1CCCCC1)[C@]1(C[C@@H]2CCC[C@H](NC(=O)OCc3ccccc3)C2)N=C(N)N(C)C1=O. The monoisotopic (exact) mass is 482 g/mol. The third kappa shape index (κ3) is 6.17. The minimum Gasteiger partial charge on any atom is -0.445 e. The number of hydrogen-bond acceptors (Lipinski definition) is 5. The number of guanidine groups is 1. The van der Waals surface area contributed by atoms with E-state index in [0.717, 1.165) is 37.7 Å². The van der Waals surface area contributed by atoms with E-state index in [4.69, 9.17) is 15.5 Å². The van der Waals surface area contributed by atoms with Crippen LogP contribution in [-0.2, 0) is 16.1 Å². The zero-order valence-corrected chi connectivity index (χ0v) is 21.4. The summed E-state index contributed by atoms with van der Waals surface area (Å²) in [6.07, 6.45) is 11.6. The van der Waals surface area contributed by atoms with Gasteiger partial charge in [0.25, 0.3) is 5.91 Å². The van der Waals surface area contributed by atoms with E-state index in [1.807, 2.05) is 30.3 Å². The van der Waals surface area contributed by atoms with Crippen molar-refractivity contribution in [2.75, 3.05) is 7.05 Å². The predicted molar refractivity (Wildman–Crippen MR) is 138 cm³/mol. The molecule has 0 saturated heterocycles. The quantitative estimate of drug-likeness (QED) is 0.545. The van der Waals surface area contributed by atoms with Gasteiger partial charge in [-0.3, -0.25) is 9.69 Å². The third-order valence-electron chi connectivity index (χ3n) is 8.48. The van der Waals surface area contributed by atoms with Crippen LogP contribution in [0.25, 0.3) is 0 Å². The molecule has 4 atom stereocenters. The fraction of sp³-hybridized carbons (Fsp3) is 0.679. The van der Waals surface area contributed by atoms with Gasteiger partial charge in [-0.05, 0) is 49.0 Å². The number of amides is 2. The molecule has 3 aliphatic rings. The van der Waals surface area contributed by atoms with E-state index in [0.29, 0.717) is 24.2 Å². The average molecular weight is 483 g/mol. The first-order valence-corrected chi connectivity index (χ1v) is 13.5. The topological polar surface area (TPSA) is 97.0 Å². The van der Waals surface area contributed by atoms with Crippen LogP contribution in [-0.4, -0.2) is 41.5 Å². The molecule has 0 aromatic heterocycles. The van der Waals surface area contributed by atoms with Gasteiger partial charge in [0, 0.05) is 13.1 Å². The van der Waals surface area contributed by atoms with Crippen molar-refractivity contribution in [2.45, 2.75) is 95.7 Å². The summed E-state index contributed by atoms with van der Waals surface area (Å²) in [4.78, 5) is 32.3. The molecule has 0 bridgehead atoms. The number of ether oxygens (including phenoxy) is 1. The number of carbonyl (C=O) groups is 2. The lowest BCUT2D eigenvalue weighted by Crippen LogP contribution is -2.49. The zero-order valence-electron chi connectivity index (χ0n) is 21.4. The van der Waals surface area contributed by atoms with Gasteiger partial charge in [0.15, 0.2) is 5.96 Å². The van der Waals surface area contributed by atoms with Gasteiger partial charge in [-0.25, -0.2) is 9.79 Å². The molecule has 2 aliphatic carbocycles. The summed E-state index contributed by atoms with van der Waals surface area (Å²) in [6, 6.07) is 9.76. The van der Waals surface area contributed by atoms with Crippen molar-refractivity contribution < 1.29 is 14.3 Å². The van der Waals surface area contributed by atoms with Crippen molar-refractivity contribution >= 4 is 18.0 Å². The Bertz CT molecular complexity index is 899. The number of alkyl carbamates (subject to hydrolysis) is 1. The molecule has 35 heavy (non-hydrogen) atoms. The number of nitrogens with one attached hydrogen (secondary N) is 1. The van der Waals surface area contributed by atoms with Gasteiger partial charge in [-0.15, -0.1) is 0 Å². The number of benzene rings is 1. The Morgan fingerprint density at radius 1 is 1.14 bits per heavy atom. The molecule has 4 rings (SSSR count). The highest BCUT2D eigenvalue weighted by molar-refractivity contribution is 6.06. The Morgan fingerprint density at radius 3 is 2.54 bits per heavy atom. The molecule has 1 heterocycles. The lowest BCUT2D eigenvalue weighted by molar-refractivity contribution is -0.133. The Hall–Kier alpha value is -2.57. The molecule has 192 valence electrons. The number of hydrogen-bond donors (Lipinski definition) is 2. The van der Waals surface area contributed by atoms with E-state index < -0.39 is 5.54 Å². The van der Waals surface area contributed by atoms with Crippen LogP contribution in [0.1, 0.15) is 83.1 Å². The number of nitrogens with zero attached hydrogens (tertiary/aromatic N) is 2. The zero-order chi connectivity index (χ0) is 24.8. The molecular weight excluding hydrogens is 440 g/mol. The molecule has 0 unspecified atom stereocenters. The summed E-state index contributed by atoms with van der Waals surface area (Å²) in [5.74, 6) is 1.50. The molecular formula is C28H42N4O3. The lowest BCUT2D eigenvalue weighted by Gasteiger charge is -2.39. The van der Waals surface area contributed by atoms with E-state index in [2.05, 4.69) is 12.2 Å². The van der Waals surface area contributed by atoms with Crippen LogP contribution >= 0.6 is 0 Å². The standard InChI is InChI=1S/C28H42N4O3/c1-20(16-21-10-5-3-6-11-21)28(25(33)32(2)26(29)31-28)18-23-14-9-15-24(17-23)30-27(34)35-19-22-12-7-4-8-13-22/h4,7-8,12-13,20-21,23-24H,3,5-6,9-11,14-19H2,1-2H3,(H2,29,31)(H,30,34)/t20-,23-,24+,28+/m1/s1. The summed E-state index contributed by atoms with van der Waals surface area (Å²) in [7, 11) is 1.74. The van der Waals surface area contributed by atoms with Crippen LogP contribution in [0.2, 0.25) is 0 Å². The van der Waals surface area contributed by atoms with Crippen LogP contribution in [0, 0.1) is 17.8 Å². The number of likely N-dealkylation sites (N-methyl/N-ethyl adjacent to an activating group) is 1. The molecule has 7 nitrogen and oxygen atoms in total. The van der Waals surface area contributed by atoms with Crippen molar-refractivity contribution in [3.05, 3.63) is 35.9 Å². The second kappa shape index (κ2) is 11.4. The third-order valence-corrected chi connectivity index (χ3v) is 8.48. The Labute approximate surface area is 209 Å². The number of aliphatic imine (C=N–C) groups is 1. The van der Waals surface area contributed by atoms with Crippen molar-refractivity contribution in [1.82, 2.24) is 10.2 Å². The van der Waals surface area contributed by atoms with Gasteiger partial charge in [-0.2, -0.15) is 0 Å². The van der Waals surface area contributed by atoms with Crippen LogP contribution < -0.4 is 11.1 Å². The first-order valence-electron chi connectivity index (χ1n) is 13.5. The van der Waals surface area contributed by atoms with E-state index in [9.17, 15) is 9.59 Å². The summed E-state index contributed by atoms with van der Waals surface area (Å²) in [6.45, 7) is 2.46. The molecule has 7 heteroatoms. The van der Waals surface area contributed by atoms with E-state index >= 15 is 0 Å². The lowest BCUT2D eigenvalue weighted by atomic mass is 9.69. The molecule has 2 saturated carbocycles. The van der Waals surface area contributed by atoms with E-state index in [-0.39, 0.29) is 30.6 Å². The van der Waals surface area contributed by atoms with Gasteiger partial charge < -0.3 is 15.8 Å². The predicted octanol–water partition coefficient (Wildman–Crippen LogP) is 4.99. The molecule has 2 amide bonds. The fourth-order valence-corrected chi connectivity index (χ4v) is 6.47. The van der Waals surface area contributed by atoms with E-state index in [1.54, 1.807) is 7.05 Å². The van der Waals surface area contributed by atoms with Gasteiger partial charge in [0.1, 0.15) is 12.1 Å². The number of nitrogens with two attached hydrogens (primary N) is 1. The highest BCUT2D eigenvalue weighted by atomic mass is 16.5. The summed E-state index contributed by atoms with van der Waals surface area (Å²) >= 11 is 0. The maximum Gasteiger partial charge on any atom is 0.407 e. The Morgan fingerprint density at radius 2 is 1.86 bits per heavy atom. The van der Waals surface area contributed by atoms with Crippen molar-refractivity contribution in [3.63, 3.8) is 0 Å². The minimum absolute atomic E-state index is 0.0377. The first-order chi connectivity index (χ1) is 16.9. The van der Waals surface area contributed by atoms with E-state index in [1.165, 1.54) is 37.0 Å². The molecule has 2 fully saturated rings. The maximum absolute atomic E-state index is 13.5. The molecule has 0 radical (unpaired) electrons. The normalized spacial score (nSPS) is 28.5. The summed E-state index contributed by atoms with van der Waals surface area (Å²) in [5, 5.41) is 3.06. The molecule has 1 aromatic carbocycles. The molecule has 0 spiro atoms. The second-order valence-corrected chi connectivity index (χ2v) is 11.0. The minimum atomic E-state index is -0.781. The van der Waals surface area contributed by atoms with Gasteiger partial charge >= 0.3 is 6.09 Å². The summed E-state index contributed by atoms with van der Waals surface area (Å²) < 4.78 is 5.44.